The number of aryl methyl sites for hydroxylation is 1. The van der Waals surface area contributed by atoms with Crippen molar-refractivity contribution in [1.82, 2.24) is 9.97 Å². The second-order valence-corrected chi connectivity index (χ2v) is 5.67. The fourth-order valence-electron chi connectivity index (χ4n) is 2.67. The molecule has 0 amide bonds. The maximum atomic E-state index is 5.48. The first-order valence-corrected chi connectivity index (χ1v) is 8.04. The number of hydrogen-bond acceptors (Lipinski definition) is 2. The van der Waals surface area contributed by atoms with Crippen LogP contribution in [0.5, 0.6) is 5.75 Å². The zero-order valence-corrected chi connectivity index (χ0v) is 13.7. The summed E-state index contributed by atoms with van der Waals surface area (Å²) in [5.74, 6) is 1.93. The molecular formula is C20H22N2O. The molecule has 3 heteroatoms. The normalized spacial score (nSPS) is 10.7. The highest BCUT2D eigenvalue weighted by molar-refractivity contribution is 5.30. The zero-order valence-electron chi connectivity index (χ0n) is 13.7. The van der Waals surface area contributed by atoms with Gasteiger partial charge in [0, 0.05) is 18.5 Å². The lowest BCUT2D eigenvalue weighted by Crippen LogP contribution is -1.94. The first-order valence-electron chi connectivity index (χ1n) is 8.04. The first kappa shape index (κ1) is 15.3. The van der Waals surface area contributed by atoms with E-state index in [0.29, 0.717) is 6.61 Å². The highest BCUT2D eigenvalue weighted by Gasteiger charge is 2.08. The van der Waals surface area contributed by atoms with Gasteiger partial charge in [-0.15, -0.1) is 0 Å². The second-order valence-electron chi connectivity index (χ2n) is 5.67. The van der Waals surface area contributed by atoms with Gasteiger partial charge >= 0.3 is 0 Å². The van der Waals surface area contributed by atoms with Crippen LogP contribution in [0.15, 0.2) is 54.6 Å². The van der Waals surface area contributed by atoms with Gasteiger partial charge in [0.25, 0.3) is 0 Å². The average molecular weight is 306 g/mol. The summed E-state index contributed by atoms with van der Waals surface area (Å²) in [6.45, 7) is 4.78. The van der Waals surface area contributed by atoms with E-state index < -0.39 is 0 Å². The van der Waals surface area contributed by atoms with E-state index in [0.717, 1.165) is 35.8 Å². The summed E-state index contributed by atoms with van der Waals surface area (Å²) in [6, 6.07) is 18.7. The van der Waals surface area contributed by atoms with Crippen molar-refractivity contribution in [2.75, 3.05) is 6.61 Å². The van der Waals surface area contributed by atoms with Crippen molar-refractivity contribution in [3.05, 3.63) is 82.9 Å². The lowest BCUT2D eigenvalue weighted by molar-refractivity contribution is 0.340. The van der Waals surface area contributed by atoms with Crippen molar-refractivity contribution < 1.29 is 4.74 Å². The van der Waals surface area contributed by atoms with Crippen LogP contribution >= 0.6 is 0 Å². The number of ether oxygens (including phenoxy) is 1. The van der Waals surface area contributed by atoms with Gasteiger partial charge in [0.05, 0.1) is 12.3 Å². The van der Waals surface area contributed by atoms with Crippen LogP contribution in [0.3, 0.4) is 0 Å². The number of nitrogens with zero attached hydrogens (tertiary/aromatic N) is 1. The van der Waals surface area contributed by atoms with Crippen molar-refractivity contribution in [3.63, 3.8) is 0 Å². The summed E-state index contributed by atoms with van der Waals surface area (Å²) in [5, 5.41) is 0. The molecular weight excluding hydrogens is 284 g/mol. The Bertz CT molecular complexity index is 745. The summed E-state index contributed by atoms with van der Waals surface area (Å²) in [7, 11) is 0. The number of aromatic nitrogens is 2. The lowest BCUT2D eigenvalue weighted by atomic mass is 10.1. The predicted octanol–water partition coefficient (Wildman–Crippen LogP) is 4.30. The van der Waals surface area contributed by atoms with Crippen LogP contribution in [0.4, 0.5) is 0 Å². The molecule has 0 spiro atoms. The lowest BCUT2D eigenvalue weighted by Gasteiger charge is -2.03. The molecule has 1 N–H and O–H groups in total. The smallest absolute Gasteiger partial charge is 0.119 e. The second kappa shape index (κ2) is 7.14. The summed E-state index contributed by atoms with van der Waals surface area (Å²) >= 11 is 0. The van der Waals surface area contributed by atoms with E-state index in [-0.39, 0.29) is 0 Å². The quantitative estimate of drug-likeness (QED) is 0.737. The predicted molar refractivity (Wildman–Crippen MR) is 93.0 cm³/mol. The van der Waals surface area contributed by atoms with Gasteiger partial charge in [-0.1, -0.05) is 42.5 Å². The highest BCUT2D eigenvalue weighted by Crippen LogP contribution is 2.16. The van der Waals surface area contributed by atoms with Crippen LogP contribution in [0, 0.1) is 6.92 Å². The van der Waals surface area contributed by atoms with E-state index in [1.165, 1.54) is 11.1 Å². The third-order valence-electron chi connectivity index (χ3n) is 3.85. The number of H-pyrrole nitrogens is 1. The Labute approximate surface area is 137 Å². The molecule has 2 aromatic carbocycles. The molecule has 1 aromatic heterocycles. The van der Waals surface area contributed by atoms with E-state index in [1.807, 2.05) is 25.1 Å². The fourth-order valence-corrected chi connectivity index (χ4v) is 2.67. The maximum absolute atomic E-state index is 5.48. The Morgan fingerprint density at radius 1 is 0.913 bits per heavy atom. The molecule has 3 aromatic rings. The van der Waals surface area contributed by atoms with Gasteiger partial charge in [0.2, 0.25) is 0 Å². The van der Waals surface area contributed by atoms with Crippen LogP contribution in [0.2, 0.25) is 0 Å². The zero-order chi connectivity index (χ0) is 16.1. The molecule has 0 saturated heterocycles. The first-order chi connectivity index (χ1) is 11.2. The van der Waals surface area contributed by atoms with Crippen LogP contribution in [0.1, 0.15) is 35.3 Å². The summed E-state index contributed by atoms with van der Waals surface area (Å²) in [6.07, 6.45) is 1.68. The minimum absolute atomic E-state index is 0.694. The molecule has 0 unspecified atom stereocenters. The molecule has 0 saturated carbocycles. The standard InChI is InChI=1S/C20H22N2O/c1-3-23-18-11-9-17(10-12-18)14-20-21-15(2)19(22-20)13-16-7-5-4-6-8-16/h4-12H,3,13-14H2,1-2H3,(H,21,22). The van der Waals surface area contributed by atoms with Gasteiger partial charge in [-0.25, -0.2) is 4.98 Å². The molecule has 1 heterocycles. The summed E-state index contributed by atoms with van der Waals surface area (Å²) in [4.78, 5) is 8.18. The van der Waals surface area contributed by atoms with E-state index in [2.05, 4.69) is 48.3 Å². The molecule has 3 nitrogen and oxygen atoms in total. The Kier molecular flexibility index (Phi) is 4.77. The Morgan fingerprint density at radius 2 is 1.61 bits per heavy atom. The molecule has 0 fully saturated rings. The van der Waals surface area contributed by atoms with E-state index in [1.54, 1.807) is 0 Å². The van der Waals surface area contributed by atoms with Crippen molar-refractivity contribution in [2.45, 2.75) is 26.7 Å². The van der Waals surface area contributed by atoms with Crippen molar-refractivity contribution in [1.29, 1.82) is 0 Å². The number of nitrogens with one attached hydrogen (secondary N) is 1. The van der Waals surface area contributed by atoms with Crippen molar-refractivity contribution in [3.8, 4) is 5.75 Å². The monoisotopic (exact) mass is 306 g/mol. The number of aromatic amines is 1. The molecule has 0 atom stereocenters. The SMILES string of the molecule is CCOc1ccc(Cc2nc(Cc3ccccc3)c(C)[nH]2)cc1. The third kappa shape index (κ3) is 4.01. The van der Waals surface area contributed by atoms with Crippen LogP contribution in [-0.2, 0) is 12.8 Å². The van der Waals surface area contributed by atoms with Crippen LogP contribution in [0.25, 0.3) is 0 Å². The van der Waals surface area contributed by atoms with Gasteiger partial charge in [-0.05, 0) is 37.1 Å². The number of hydrogen-bond donors (Lipinski definition) is 1. The third-order valence-corrected chi connectivity index (χ3v) is 3.85. The average Bonchev–Trinajstić information content (AvgIpc) is 2.90. The van der Waals surface area contributed by atoms with Gasteiger partial charge in [0.15, 0.2) is 0 Å². The summed E-state index contributed by atoms with van der Waals surface area (Å²) < 4.78 is 5.48. The van der Waals surface area contributed by atoms with Gasteiger partial charge in [-0.2, -0.15) is 0 Å². The molecule has 0 bridgehead atoms. The molecule has 0 radical (unpaired) electrons. The molecule has 118 valence electrons. The molecule has 0 aliphatic carbocycles. The molecule has 3 rings (SSSR count). The Hall–Kier alpha value is -2.55. The summed E-state index contributed by atoms with van der Waals surface area (Å²) in [5.41, 5.74) is 4.79. The number of rotatable bonds is 6. The highest BCUT2D eigenvalue weighted by atomic mass is 16.5. The van der Waals surface area contributed by atoms with E-state index in [9.17, 15) is 0 Å². The molecule has 0 aliphatic heterocycles. The topological polar surface area (TPSA) is 37.9 Å². The van der Waals surface area contributed by atoms with E-state index >= 15 is 0 Å². The van der Waals surface area contributed by atoms with Crippen LogP contribution < -0.4 is 4.74 Å². The van der Waals surface area contributed by atoms with Gasteiger partial charge in [0.1, 0.15) is 11.6 Å². The Balaban J connectivity index is 1.70. The van der Waals surface area contributed by atoms with E-state index in [4.69, 9.17) is 9.72 Å². The fraction of sp³-hybridized carbons (Fsp3) is 0.250. The van der Waals surface area contributed by atoms with Crippen molar-refractivity contribution in [2.24, 2.45) is 0 Å². The molecule has 23 heavy (non-hydrogen) atoms. The Morgan fingerprint density at radius 3 is 2.30 bits per heavy atom. The minimum Gasteiger partial charge on any atom is -0.494 e. The van der Waals surface area contributed by atoms with Crippen molar-refractivity contribution >= 4 is 0 Å². The van der Waals surface area contributed by atoms with Crippen LogP contribution in [-0.4, -0.2) is 16.6 Å². The number of imidazole rings is 1. The maximum Gasteiger partial charge on any atom is 0.119 e. The number of benzene rings is 2. The minimum atomic E-state index is 0.694. The largest absolute Gasteiger partial charge is 0.494 e. The van der Waals surface area contributed by atoms with Gasteiger partial charge < -0.3 is 9.72 Å². The van der Waals surface area contributed by atoms with Gasteiger partial charge in [-0.3, -0.25) is 0 Å². The molecule has 0 aliphatic rings.